The number of para-hydroxylation sites is 1. The standard InChI is InChI=1S/C17H19N7/c1-3-24(17-15-16(19-9-18-15)20-10-21-17)8-7-13-22-12-6-4-5-11(2)14(12)23-13/h4-6,9-10H,3,7-8H2,1-2H3,(H,22,23)(H,18,19,20,21). The number of rotatable bonds is 5. The summed E-state index contributed by atoms with van der Waals surface area (Å²) in [5.41, 5.74) is 4.90. The van der Waals surface area contributed by atoms with Gasteiger partial charge in [-0.1, -0.05) is 12.1 Å². The number of aromatic nitrogens is 6. The maximum absolute atomic E-state index is 4.73. The fourth-order valence-electron chi connectivity index (χ4n) is 2.99. The molecule has 24 heavy (non-hydrogen) atoms. The van der Waals surface area contributed by atoms with Crippen molar-refractivity contribution in [3.8, 4) is 0 Å². The van der Waals surface area contributed by atoms with Crippen LogP contribution in [0, 0.1) is 6.92 Å². The van der Waals surface area contributed by atoms with E-state index in [0.29, 0.717) is 5.65 Å². The Labute approximate surface area is 139 Å². The molecule has 1 aromatic carbocycles. The van der Waals surface area contributed by atoms with E-state index >= 15 is 0 Å². The molecule has 0 atom stereocenters. The van der Waals surface area contributed by atoms with Gasteiger partial charge in [0.1, 0.15) is 17.7 Å². The van der Waals surface area contributed by atoms with Crippen molar-refractivity contribution in [3.05, 3.63) is 42.2 Å². The van der Waals surface area contributed by atoms with Gasteiger partial charge in [0.05, 0.1) is 17.4 Å². The maximum atomic E-state index is 4.73. The van der Waals surface area contributed by atoms with Crippen LogP contribution in [0.15, 0.2) is 30.9 Å². The third-order valence-electron chi connectivity index (χ3n) is 4.27. The van der Waals surface area contributed by atoms with Gasteiger partial charge in [-0.25, -0.2) is 19.9 Å². The van der Waals surface area contributed by atoms with Crippen LogP contribution in [0.5, 0.6) is 0 Å². The van der Waals surface area contributed by atoms with Crippen molar-refractivity contribution in [2.45, 2.75) is 20.3 Å². The number of hydrogen-bond acceptors (Lipinski definition) is 5. The second kappa shape index (κ2) is 5.92. The summed E-state index contributed by atoms with van der Waals surface area (Å²) in [6.07, 6.45) is 4.03. The number of nitrogens with one attached hydrogen (secondary N) is 2. The fraction of sp³-hybridized carbons (Fsp3) is 0.294. The Balaban J connectivity index is 1.58. The molecule has 2 N–H and O–H groups in total. The molecule has 0 unspecified atom stereocenters. The zero-order valence-electron chi connectivity index (χ0n) is 13.7. The van der Waals surface area contributed by atoms with Crippen molar-refractivity contribution in [2.75, 3.05) is 18.0 Å². The van der Waals surface area contributed by atoms with Crippen molar-refractivity contribution in [1.29, 1.82) is 0 Å². The van der Waals surface area contributed by atoms with Crippen molar-refractivity contribution in [3.63, 3.8) is 0 Å². The quantitative estimate of drug-likeness (QED) is 0.590. The Hall–Kier alpha value is -2.96. The van der Waals surface area contributed by atoms with Gasteiger partial charge in [-0.15, -0.1) is 0 Å². The summed E-state index contributed by atoms with van der Waals surface area (Å²) in [5, 5.41) is 0. The number of aryl methyl sites for hydroxylation is 1. The molecule has 0 saturated carbocycles. The molecule has 7 heteroatoms. The van der Waals surface area contributed by atoms with Gasteiger partial charge < -0.3 is 14.9 Å². The highest BCUT2D eigenvalue weighted by molar-refractivity contribution is 5.82. The average molecular weight is 321 g/mol. The number of aromatic amines is 2. The molecule has 0 aliphatic heterocycles. The fourth-order valence-corrected chi connectivity index (χ4v) is 2.99. The first kappa shape index (κ1) is 14.6. The Bertz CT molecular complexity index is 985. The van der Waals surface area contributed by atoms with Gasteiger partial charge in [-0.05, 0) is 25.5 Å². The van der Waals surface area contributed by atoms with E-state index in [4.69, 9.17) is 4.98 Å². The largest absolute Gasteiger partial charge is 0.355 e. The number of imidazole rings is 2. The number of likely N-dealkylation sites (N-methyl/N-ethyl adjacent to an activating group) is 1. The Morgan fingerprint density at radius 1 is 1.17 bits per heavy atom. The minimum atomic E-state index is 0.692. The monoisotopic (exact) mass is 321 g/mol. The first-order valence-corrected chi connectivity index (χ1v) is 8.09. The van der Waals surface area contributed by atoms with E-state index in [9.17, 15) is 0 Å². The van der Waals surface area contributed by atoms with Crippen LogP contribution in [0.4, 0.5) is 5.82 Å². The van der Waals surface area contributed by atoms with E-state index < -0.39 is 0 Å². The predicted octanol–water partition coefficient (Wildman–Crippen LogP) is 2.61. The summed E-state index contributed by atoms with van der Waals surface area (Å²) in [6.45, 7) is 5.87. The lowest BCUT2D eigenvalue weighted by Crippen LogP contribution is -2.27. The highest BCUT2D eigenvalue weighted by Crippen LogP contribution is 2.20. The molecule has 0 aliphatic carbocycles. The zero-order valence-corrected chi connectivity index (χ0v) is 13.7. The summed E-state index contributed by atoms with van der Waals surface area (Å²) in [4.78, 5) is 26.3. The Morgan fingerprint density at radius 2 is 2.08 bits per heavy atom. The summed E-state index contributed by atoms with van der Waals surface area (Å²) < 4.78 is 0. The van der Waals surface area contributed by atoms with Gasteiger partial charge in [0.15, 0.2) is 11.5 Å². The lowest BCUT2D eigenvalue weighted by atomic mass is 10.2. The van der Waals surface area contributed by atoms with Crippen molar-refractivity contribution >= 4 is 28.0 Å². The van der Waals surface area contributed by atoms with Crippen LogP contribution in [-0.2, 0) is 6.42 Å². The molecule has 4 aromatic rings. The number of anilines is 1. The van der Waals surface area contributed by atoms with Crippen LogP contribution in [-0.4, -0.2) is 43.0 Å². The summed E-state index contributed by atoms with van der Waals surface area (Å²) in [7, 11) is 0. The van der Waals surface area contributed by atoms with E-state index in [1.807, 2.05) is 6.07 Å². The molecule has 7 nitrogen and oxygen atoms in total. The SMILES string of the molecule is CCN(CCc1nc2c(C)cccc2[nH]1)c1ncnc2nc[nH]c12. The zero-order chi connectivity index (χ0) is 16.5. The third-order valence-corrected chi connectivity index (χ3v) is 4.27. The molecule has 122 valence electrons. The molecule has 0 spiro atoms. The highest BCUT2D eigenvalue weighted by Gasteiger charge is 2.13. The summed E-state index contributed by atoms with van der Waals surface area (Å²) in [5.74, 6) is 1.87. The smallest absolute Gasteiger partial charge is 0.182 e. The van der Waals surface area contributed by atoms with Gasteiger partial charge in [-0.3, -0.25) is 0 Å². The normalized spacial score (nSPS) is 11.4. The van der Waals surface area contributed by atoms with Crippen molar-refractivity contribution < 1.29 is 0 Å². The number of H-pyrrole nitrogens is 2. The van der Waals surface area contributed by atoms with E-state index in [0.717, 1.165) is 47.7 Å². The lowest BCUT2D eigenvalue weighted by molar-refractivity contribution is 0.774. The molecule has 0 amide bonds. The maximum Gasteiger partial charge on any atom is 0.182 e. The van der Waals surface area contributed by atoms with Gasteiger partial charge >= 0.3 is 0 Å². The van der Waals surface area contributed by atoms with Crippen molar-refractivity contribution in [2.24, 2.45) is 0 Å². The number of hydrogen-bond donors (Lipinski definition) is 2. The average Bonchev–Trinajstić information content (AvgIpc) is 3.22. The van der Waals surface area contributed by atoms with Crippen LogP contribution in [0.25, 0.3) is 22.2 Å². The second-order valence-corrected chi connectivity index (χ2v) is 5.78. The minimum absolute atomic E-state index is 0.692. The van der Waals surface area contributed by atoms with E-state index in [-0.39, 0.29) is 0 Å². The first-order valence-electron chi connectivity index (χ1n) is 8.09. The molecule has 3 aromatic heterocycles. The Morgan fingerprint density at radius 3 is 2.92 bits per heavy atom. The molecule has 0 aliphatic rings. The minimum Gasteiger partial charge on any atom is -0.355 e. The number of benzene rings is 1. The number of nitrogens with zero attached hydrogens (tertiary/aromatic N) is 5. The Kier molecular flexibility index (Phi) is 3.60. The highest BCUT2D eigenvalue weighted by atomic mass is 15.2. The van der Waals surface area contributed by atoms with E-state index in [1.54, 1.807) is 12.7 Å². The van der Waals surface area contributed by atoms with Gasteiger partial charge in [-0.2, -0.15) is 0 Å². The third kappa shape index (κ3) is 2.47. The van der Waals surface area contributed by atoms with Crippen LogP contribution in [0.2, 0.25) is 0 Å². The summed E-state index contributed by atoms with van der Waals surface area (Å²) in [6, 6.07) is 6.20. The molecular formula is C17H19N7. The van der Waals surface area contributed by atoms with Gasteiger partial charge in [0.25, 0.3) is 0 Å². The van der Waals surface area contributed by atoms with Gasteiger partial charge in [0, 0.05) is 19.5 Å². The lowest BCUT2D eigenvalue weighted by Gasteiger charge is -2.21. The van der Waals surface area contributed by atoms with Gasteiger partial charge in [0.2, 0.25) is 0 Å². The van der Waals surface area contributed by atoms with Crippen LogP contribution < -0.4 is 4.90 Å². The number of fused-ring (bicyclic) bond motifs is 2. The molecule has 4 rings (SSSR count). The topological polar surface area (TPSA) is 86.4 Å². The van der Waals surface area contributed by atoms with Crippen LogP contribution in [0.1, 0.15) is 18.3 Å². The molecule has 3 heterocycles. The van der Waals surface area contributed by atoms with Crippen LogP contribution >= 0.6 is 0 Å². The molecule has 0 fully saturated rings. The van der Waals surface area contributed by atoms with Crippen molar-refractivity contribution in [1.82, 2.24) is 29.9 Å². The van der Waals surface area contributed by atoms with Crippen LogP contribution in [0.3, 0.4) is 0 Å². The first-order chi connectivity index (χ1) is 11.8. The second-order valence-electron chi connectivity index (χ2n) is 5.78. The summed E-state index contributed by atoms with van der Waals surface area (Å²) >= 11 is 0. The molecular weight excluding hydrogens is 302 g/mol. The molecule has 0 bridgehead atoms. The predicted molar refractivity (Wildman–Crippen MR) is 94.1 cm³/mol. The van der Waals surface area contributed by atoms with E-state index in [2.05, 4.69) is 55.8 Å². The van der Waals surface area contributed by atoms with E-state index in [1.165, 1.54) is 5.56 Å². The molecule has 0 saturated heterocycles. The molecule has 0 radical (unpaired) electrons.